The Balaban J connectivity index is 1.72. The average molecular weight is 318 g/mol. The van der Waals surface area contributed by atoms with Gasteiger partial charge in [-0.25, -0.2) is 5.43 Å². The second-order valence-electron chi connectivity index (χ2n) is 5.82. The van der Waals surface area contributed by atoms with Crippen molar-refractivity contribution in [2.45, 2.75) is 58.8 Å². The fourth-order valence-corrected chi connectivity index (χ4v) is 2.45. The van der Waals surface area contributed by atoms with Crippen LogP contribution in [0.4, 0.5) is 0 Å². The minimum atomic E-state index is -0.0272. The molecule has 126 valence electrons. The van der Waals surface area contributed by atoms with Gasteiger partial charge in [0.15, 0.2) is 11.5 Å². The van der Waals surface area contributed by atoms with Crippen LogP contribution in [0.2, 0.25) is 0 Å². The number of hydrazone groups is 1. The third-order valence-electron chi connectivity index (χ3n) is 3.90. The highest BCUT2D eigenvalue weighted by molar-refractivity contribution is 5.99. The van der Waals surface area contributed by atoms with E-state index in [1.807, 2.05) is 25.1 Å². The van der Waals surface area contributed by atoms with Gasteiger partial charge in [-0.3, -0.25) is 4.79 Å². The van der Waals surface area contributed by atoms with E-state index < -0.39 is 0 Å². The van der Waals surface area contributed by atoms with E-state index >= 15 is 0 Å². The topological polar surface area (TPSA) is 59.9 Å². The molecule has 1 aliphatic rings. The van der Waals surface area contributed by atoms with E-state index in [0.717, 1.165) is 35.6 Å². The second-order valence-corrected chi connectivity index (χ2v) is 5.82. The Hall–Kier alpha value is -2.04. The van der Waals surface area contributed by atoms with Crippen molar-refractivity contribution in [1.29, 1.82) is 0 Å². The number of hydrogen-bond donors (Lipinski definition) is 1. The third-order valence-corrected chi connectivity index (χ3v) is 3.90. The lowest BCUT2D eigenvalue weighted by Crippen LogP contribution is -2.18. The molecular weight excluding hydrogens is 292 g/mol. The van der Waals surface area contributed by atoms with Gasteiger partial charge in [0.1, 0.15) is 0 Å². The number of nitrogens with zero attached hydrogens (tertiary/aromatic N) is 1. The molecule has 23 heavy (non-hydrogen) atoms. The van der Waals surface area contributed by atoms with Gasteiger partial charge in [-0.2, -0.15) is 5.10 Å². The van der Waals surface area contributed by atoms with E-state index in [0.29, 0.717) is 6.42 Å². The van der Waals surface area contributed by atoms with Gasteiger partial charge in [0.05, 0.1) is 5.71 Å². The first-order valence-electron chi connectivity index (χ1n) is 8.44. The minimum absolute atomic E-state index is 0.0272. The lowest BCUT2D eigenvalue weighted by molar-refractivity contribution is -0.121. The number of unbranched alkanes of at least 4 members (excludes halogenated alkanes) is 5. The van der Waals surface area contributed by atoms with Crippen molar-refractivity contribution >= 4 is 11.6 Å². The lowest BCUT2D eigenvalue weighted by atomic mass is 10.1. The monoisotopic (exact) mass is 318 g/mol. The Labute approximate surface area is 138 Å². The van der Waals surface area contributed by atoms with Crippen LogP contribution in [0, 0.1) is 0 Å². The number of ether oxygens (including phenoxy) is 2. The summed E-state index contributed by atoms with van der Waals surface area (Å²) in [5, 5.41) is 4.17. The maximum Gasteiger partial charge on any atom is 0.240 e. The molecule has 0 aliphatic carbocycles. The predicted molar refractivity (Wildman–Crippen MR) is 90.9 cm³/mol. The minimum Gasteiger partial charge on any atom is -0.454 e. The third kappa shape index (κ3) is 5.58. The van der Waals surface area contributed by atoms with Crippen molar-refractivity contribution in [2.75, 3.05) is 6.79 Å². The van der Waals surface area contributed by atoms with E-state index in [1.54, 1.807) is 0 Å². The Morgan fingerprint density at radius 2 is 1.87 bits per heavy atom. The van der Waals surface area contributed by atoms with Gasteiger partial charge in [-0.1, -0.05) is 39.0 Å². The summed E-state index contributed by atoms with van der Waals surface area (Å²) in [5.74, 6) is 1.43. The van der Waals surface area contributed by atoms with Crippen molar-refractivity contribution in [1.82, 2.24) is 5.43 Å². The summed E-state index contributed by atoms with van der Waals surface area (Å²) in [4.78, 5) is 11.8. The molecule has 5 nitrogen and oxygen atoms in total. The van der Waals surface area contributed by atoms with Gasteiger partial charge in [0, 0.05) is 12.0 Å². The zero-order valence-corrected chi connectivity index (χ0v) is 14.1. The Bertz CT molecular complexity index is 555. The molecule has 0 spiro atoms. The van der Waals surface area contributed by atoms with Crippen LogP contribution in [0.15, 0.2) is 23.3 Å². The molecular formula is C18H26N2O3. The zero-order valence-electron chi connectivity index (χ0n) is 14.1. The normalized spacial score (nSPS) is 13.2. The van der Waals surface area contributed by atoms with Crippen LogP contribution in [0.5, 0.6) is 11.5 Å². The molecule has 1 aliphatic heterocycles. The van der Waals surface area contributed by atoms with Gasteiger partial charge in [0.25, 0.3) is 0 Å². The van der Waals surface area contributed by atoms with E-state index in [9.17, 15) is 4.79 Å². The number of carbonyl (C=O) groups is 1. The van der Waals surface area contributed by atoms with Crippen molar-refractivity contribution in [3.8, 4) is 11.5 Å². The second kappa shape index (κ2) is 9.18. The molecule has 0 unspecified atom stereocenters. The van der Waals surface area contributed by atoms with Gasteiger partial charge in [0.2, 0.25) is 12.7 Å². The number of nitrogens with one attached hydrogen (secondary N) is 1. The average Bonchev–Trinajstić information content (AvgIpc) is 3.03. The van der Waals surface area contributed by atoms with Crippen LogP contribution in [-0.2, 0) is 4.79 Å². The molecule has 0 aromatic heterocycles. The highest BCUT2D eigenvalue weighted by Crippen LogP contribution is 2.32. The van der Waals surface area contributed by atoms with E-state index in [2.05, 4.69) is 17.5 Å². The summed E-state index contributed by atoms with van der Waals surface area (Å²) < 4.78 is 10.6. The summed E-state index contributed by atoms with van der Waals surface area (Å²) in [5.41, 5.74) is 4.29. The van der Waals surface area contributed by atoms with Gasteiger partial charge in [-0.15, -0.1) is 0 Å². The first kappa shape index (κ1) is 17.3. The molecule has 0 fully saturated rings. The van der Waals surface area contributed by atoms with Crippen molar-refractivity contribution < 1.29 is 14.3 Å². The van der Waals surface area contributed by atoms with Gasteiger partial charge >= 0.3 is 0 Å². The summed E-state index contributed by atoms with van der Waals surface area (Å²) >= 11 is 0. The van der Waals surface area contributed by atoms with Crippen molar-refractivity contribution in [3.63, 3.8) is 0 Å². The number of benzene rings is 1. The van der Waals surface area contributed by atoms with Crippen LogP contribution >= 0.6 is 0 Å². The quantitative estimate of drug-likeness (QED) is 0.425. The number of rotatable bonds is 9. The largest absolute Gasteiger partial charge is 0.454 e. The first-order valence-corrected chi connectivity index (χ1v) is 8.44. The molecule has 1 amide bonds. The van der Waals surface area contributed by atoms with Crippen molar-refractivity contribution in [2.24, 2.45) is 5.10 Å². The number of fused-ring (bicyclic) bond motifs is 1. The van der Waals surface area contributed by atoms with Gasteiger partial charge < -0.3 is 9.47 Å². The summed E-state index contributed by atoms with van der Waals surface area (Å²) in [6.07, 6.45) is 7.57. The predicted octanol–water partition coefficient (Wildman–Crippen LogP) is 4.01. The highest BCUT2D eigenvalue weighted by Gasteiger charge is 2.14. The molecule has 1 heterocycles. The summed E-state index contributed by atoms with van der Waals surface area (Å²) in [7, 11) is 0. The van der Waals surface area contributed by atoms with Crippen LogP contribution in [0.25, 0.3) is 0 Å². The SMILES string of the molecule is CCCCCCCCC(=O)N/N=C(\C)c1ccc2c(c1)OCO2. The maximum atomic E-state index is 11.8. The fraction of sp³-hybridized carbons (Fsp3) is 0.556. The summed E-state index contributed by atoms with van der Waals surface area (Å²) in [6, 6.07) is 5.64. The van der Waals surface area contributed by atoms with Crippen LogP contribution in [0.1, 0.15) is 64.4 Å². The van der Waals surface area contributed by atoms with Crippen LogP contribution in [0.3, 0.4) is 0 Å². The van der Waals surface area contributed by atoms with E-state index in [1.165, 1.54) is 25.7 Å². The molecule has 0 saturated carbocycles. The molecule has 0 atom stereocenters. The molecule has 0 radical (unpaired) electrons. The molecule has 0 bridgehead atoms. The van der Waals surface area contributed by atoms with E-state index in [4.69, 9.17) is 9.47 Å². The van der Waals surface area contributed by atoms with Crippen LogP contribution in [-0.4, -0.2) is 18.4 Å². The molecule has 1 aromatic rings. The fourth-order valence-electron chi connectivity index (χ4n) is 2.45. The molecule has 5 heteroatoms. The van der Waals surface area contributed by atoms with Crippen molar-refractivity contribution in [3.05, 3.63) is 23.8 Å². The van der Waals surface area contributed by atoms with Gasteiger partial charge in [-0.05, 0) is 31.5 Å². The number of carbonyl (C=O) groups excluding carboxylic acids is 1. The molecule has 0 saturated heterocycles. The highest BCUT2D eigenvalue weighted by atomic mass is 16.7. The maximum absolute atomic E-state index is 11.8. The van der Waals surface area contributed by atoms with Crippen LogP contribution < -0.4 is 14.9 Å². The Morgan fingerprint density at radius 1 is 1.13 bits per heavy atom. The van der Waals surface area contributed by atoms with E-state index in [-0.39, 0.29) is 12.7 Å². The molecule has 1 aromatic carbocycles. The number of hydrogen-bond acceptors (Lipinski definition) is 4. The molecule has 2 rings (SSSR count). The number of amides is 1. The Morgan fingerprint density at radius 3 is 2.70 bits per heavy atom. The zero-order chi connectivity index (χ0) is 16.5. The summed E-state index contributed by atoms with van der Waals surface area (Å²) in [6.45, 7) is 4.32. The molecule has 1 N–H and O–H groups in total. The Kier molecular flexibility index (Phi) is 6.91. The standard InChI is InChI=1S/C18H26N2O3/c1-3-4-5-6-7-8-9-18(21)20-19-14(2)15-10-11-16-17(12-15)23-13-22-16/h10-12H,3-9,13H2,1-2H3,(H,20,21)/b19-14+. The first-order chi connectivity index (χ1) is 11.2. The lowest BCUT2D eigenvalue weighted by Gasteiger charge is -2.04. The smallest absolute Gasteiger partial charge is 0.240 e.